The van der Waals surface area contributed by atoms with E-state index in [1.807, 2.05) is 32.0 Å². The smallest absolute Gasteiger partial charge is 0.388 e. The maximum Gasteiger partial charge on any atom is 0.416 e. The number of benzene rings is 2. The third-order valence-corrected chi connectivity index (χ3v) is 5.01. The van der Waals surface area contributed by atoms with Gasteiger partial charge in [0.1, 0.15) is 0 Å². The summed E-state index contributed by atoms with van der Waals surface area (Å²) in [5.41, 5.74) is 1.83. The molecule has 1 unspecified atom stereocenters. The van der Waals surface area contributed by atoms with Crippen LogP contribution in [0.25, 0.3) is 5.69 Å². The lowest BCUT2D eigenvalue weighted by Crippen LogP contribution is -2.13. The quantitative estimate of drug-likeness (QED) is 0.660. The summed E-state index contributed by atoms with van der Waals surface area (Å²) in [5, 5.41) is 22.2. The molecular weight excluding hydrogens is 377 g/mol. The van der Waals surface area contributed by atoms with E-state index in [0.29, 0.717) is 5.16 Å². The van der Waals surface area contributed by atoms with Gasteiger partial charge >= 0.3 is 6.18 Å². The van der Waals surface area contributed by atoms with E-state index < -0.39 is 17.8 Å². The van der Waals surface area contributed by atoms with Crippen LogP contribution in [-0.2, 0) is 6.18 Å². The van der Waals surface area contributed by atoms with Crippen LogP contribution in [0.15, 0.2) is 47.6 Å². The maximum absolute atomic E-state index is 13.1. The Bertz CT molecular complexity index is 942. The van der Waals surface area contributed by atoms with Gasteiger partial charge < -0.3 is 5.11 Å². The zero-order valence-corrected chi connectivity index (χ0v) is 15.4. The Labute approximate surface area is 158 Å². The highest BCUT2D eigenvalue weighted by atomic mass is 32.2. The van der Waals surface area contributed by atoms with E-state index in [0.717, 1.165) is 34.6 Å². The van der Waals surface area contributed by atoms with E-state index >= 15 is 0 Å². The highest BCUT2D eigenvalue weighted by Crippen LogP contribution is 2.36. The molecule has 0 fully saturated rings. The lowest BCUT2D eigenvalue weighted by Gasteiger charge is -2.17. The van der Waals surface area contributed by atoms with Gasteiger partial charge in [0, 0.05) is 5.75 Å². The first-order valence-corrected chi connectivity index (χ1v) is 9.09. The van der Waals surface area contributed by atoms with Crippen LogP contribution in [0.3, 0.4) is 0 Å². The molecule has 0 aliphatic carbocycles. The first kappa shape index (κ1) is 19.4. The Morgan fingerprint density at radius 3 is 2.59 bits per heavy atom. The molecule has 3 rings (SSSR count). The molecule has 0 amide bonds. The predicted octanol–water partition coefficient (Wildman–Crippen LogP) is 4.12. The van der Waals surface area contributed by atoms with Crippen molar-refractivity contribution >= 4 is 11.8 Å². The second-order valence-corrected chi connectivity index (χ2v) is 7.06. The van der Waals surface area contributed by atoms with Gasteiger partial charge in [-0.15, -0.1) is 5.10 Å². The fraction of sp³-hybridized carbons (Fsp3) is 0.278. The van der Waals surface area contributed by atoms with Gasteiger partial charge in [0.2, 0.25) is 5.16 Å². The van der Waals surface area contributed by atoms with Crippen molar-refractivity contribution in [1.29, 1.82) is 0 Å². The maximum atomic E-state index is 13.1. The number of aliphatic hydroxyl groups excluding tert-OH is 1. The van der Waals surface area contributed by atoms with Crippen LogP contribution in [0.2, 0.25) is 0 Å². The fourth-order valence-corrected chi connectivity index (χ4v) is 3.59. The highest BCUT2D eigenvalue weighted by Gasteiger charge is 2.34. The van der Waals surface area contributed by atoms with Gasteiger partial charge in [-0.3, -0.25) is 0 Å². The lowest BCUT2D eigenvalue weighted by molar-refractivity contribution is -0.139. The van der Waals surface area contributed by atoms with Crippen molar-refractivity contribution in [2.75, 3.05) is 5.75 Å². The van der Waals surface area contributed by atoms with E-state index in [9.17, 15) is 18.3 Å². The third kappa shape index (κ3) is 4.30. The van der Waals surface area contributed by atoms with Crippen molar-refractivity contribution in [3.05, 3.63) is 64.7 Å². The summed E-state index contributed by atoms with van der Waals surface area (Å²) in [4.78, 5) is 0. The Kier molecular flexibility index (Phi) is 5.52. The summed E-state index contributed by atoms with van der Waals surface area (Å²) in [6.07, 6.45) is -5.83. The number of aliphatic hydroxyl groups is 1. The monoisotopic (exact) mass is 394 g/mol. The van der Waals surface area contributed by atoms with Crippen LogP contribution in [-0.4, -0.2) is 31.1 Å². The van der Waals surface area contributed by atoms with Crippen LogP contribution < -0.4 is 0 Å². The van der Waals surface area contributed by atoms with Crippen LogP contribution >= 0.6 is 11.8 Å². The normalized spacial score (nSPS) is 13.0. The fourth-order valence-electron chi connectivity index (χ4n) is 2.75. The summed E-state index contributed by atoms with van der Waals surface area (Å²) in [6, 6.07) is 10.8. The van der Waals surface area contributed by atoms with Gasteiger partial charge in [0.25, 0.3) is 0 Å². The molecule has 1 N–H and O–H groups in total. The molecule has 0 saturated carbocycles. The predicted molar refractivity (Wildman–Crippen MR) is 95.8 cm³/mol. The standard InChI is InChI=1S/C18H17F3N4OS/c1-11-7-8-15(12(2)9-11)25-17(22-23-24-25)27-10-16(26)13-5-3-4-6-14(13)18(19,20)21/h3-9,16,26H,10H2,1-2H3. The molecule has 0 radical (unpaired) electrons. The molecule has 0 saturated heterocycles. The Morgan fingerprint density at radius 2 is 1.89 bits per heavy atom. The van der Waals surface area contributed by atoms with Crippen molar-refractivity contribution < 1.29 is 18.3 Å². The van der Waals surface area contributed by atoms with Gasteiger partial charge in [-0.25, -0.2) is 0 Å². The number of hydrogen-bond acceptors (Lipinski definition) is 5. The average molecular weight is 394 g/mol. The molecule has 5 nitrogen and oxygen atoms in total. The molecule has 0 aliphatic heterocycles. The van der Waals surface area contributed by atoms with Crippen LogP contribution in [0.1, 0.15) is 28.4 Å². The van der Waals surface area contributed by atoms with E-state index in [2.05, 4.69) is 15.5 Å². The molecule has 0 bridgehead atoms. The molecular formula is C18H17F3N4OS. The number of rotatable bonds is 5. The molecule has 2 aromatic carbocycles. The van der Waals surface area contributed by atoms with Gasteiger partial charge in [0.15, 0.2) is 0 Å². The summed E-state index contributed by atoms with van der Waals surface area (Å²) >= 11 is 1.09. The second kappa shape index (κ2) is 7.69. The van der Waals surface area contributed by atoms with Crippen molar-refractivity contribution in [2.45, 2.75) is 31.3 Å². The molecule has 1 heterocycles. The van der Waals surface area contributed by atoms with Gasteiger partial charge in [-0.05, 0) is 47.5 Å². The number of hydrogen-bond donors (Lipinski definition) is 1. The van der Waals surface area contributed by atoms with Crippen LogP contribution in [0, 0.1) is 13.8 Å². The lowest BCUT2D eigenvalue weighted by atomic mass is 10.0. The number of alkyl halides is 3. The minimum absolute atomic E-state index is 0.0155. The summed E-state index contributed by atoms with van der Waals surface area (Å²) in [5.74, 6) is -0.0155. The van der Waals surface area contributed by atoms with E-state index in [4.69, 9.17) is 0 Å². The van der Waals surface area contributed by atoms with Crippen LogP contribution in [0.4, 0.5) is 13.2 Å². The zero-order valence-electron chi connectivity index (χ0n) is 14.6. The molecule has 0 spiro atoms. The molecule has 0 aliphatic rings. The van der Waals surface area contributed by atoms with E-state index in [1.54, 1.807) is 0 Å². The Balaban J connectivity index is 1.80. The van der Waals surface area contributed by atoms with Gasteiger partial charge in [-0.1, -0.05) is 47.7 Å². The third-order valence-electron chi connectivity index (χ3n) is 4.02. The molecule has 1 aromatic heterocycles. The number of aryl methyl sites for hydroxylation is 2. The molecule has 27 heavy (non-hydrogen) atoms. The number of nitrogens with zero attached hydrogens (tertiary/aromatic N) is 4. The molecule has 9 heteroatoms. The summed E-state index contributed by atoms with van der Waals surface area (Å²) in [6.45, 7) is 3.90. The Morgan fingerprint density at radius 1 is 1.15 bits per heavy atom. The minimum Gasteiger partial charge on any atom is -0.388 e. The van der Waals surface area contributed by atoms with E-state index in [1.165, 1.54) is 22.9 Å². The highest BCUT2D eigenvalue weighted by molar-refractivity contribution is 7.99. The number of thioether (sulfide) groups is 1. The van der Waals surface area contributed by atoms with Crippen molar-refractivity contribution in [2.24, 2.45) is 0 Å². The topological polar surface area (TPSA) is 63.8 Å². The largest absolute Gasteiger partial charge is 0.416 e. The number of aromatic nitrogens is 4. The van der Waals surface area contributed by atoms with Crippen molar-refractivity contribution in [1.82, 2.24) is 20.2 Å². The average Bonchev–Trinajstić information content (AvgIpc) is 3.07. The van der Waals surface area contributed by atoms with Crippen LogP contribution in [0.5, 0.6) is 0 Å². The summed E-state index contributed by atoms with van der Waals surface area (Å²) < 4.78 is 40.9. The summed E-state index contributed by atoms with van der Waals surface area (Å²) in [7, 11) is 0. The first-order valence-electron chi connectivity index (χ1n) is 8.10. The number of tetrazole rings is 1. The first-order chi connectivity index (χ1) is 12.8. The SMILES string of the molecule is Cc1ccc(-n2nnnc2SCC(O)c2ccccc2C(F)(F)F)c(C)c1. The van der Waals surface area contributed by atoms with Crippen molar-refractivity contribution in [3.8, 4) is 5.69 Å². The van der Waals surface area contributed by atoms with Gasteiger partial charge in [0.05, 0.1) is 17.4 Å². The molecule has 142 valence electrons. The molecule has 1 atom stereocenters. The molecule has 3 aromatic rings. The van der Waals surface area contributed by atoms with Gasteiger partial charge in [-0.2, -0.15) is 17.9 Å². The second-order valence-electron chi connectivity index (χ2n) is 6.08. The van der Waals surface area contributed by atoms with Crippen molar-refractivity contribution in [3.63, 3.8) is 0 Å². The zero-order chi connectivity index (χ0) is 19.6. The van der Waals surface area contributed by atoms with E-state index in [-0.39, 0.29) is 11.3 Å². The minimum atomic E-state index is -4.52. The Hall–Kier alpha value is -2.39. The number of halogens is 3.